The van der Waals surface area contributed by atoms with Crippen LogP contribution >= 0.6 is 35.0 Å². The Bertz CT molecular complexity index is 1170. The Morgan fingerprint density at radius 2 is 1.69 bits per heavy atom. The average Bonchev–Trinajstić information content (AvgIpc) is 3.12. The Morgan fingerprint density at radius 1 is 1.00 bits per heavy atom. The Labute approximate surface area is 201 Å². The summed E-state index contributed by atoms with van der Waals surface area (Å²) in [6, 6.07) is 21.2. The molecule has 0 unspecified atom stereocenters. The molecule has 1 heterocycles. The maximum atomic E-state index is 12.4. The molecule has 0 radical (unpaired) electrons. The third kappa shape index (κ3) is 5.54. The maximum absolute atomic E-state index is 12.4. The summed E-state index contributed by atoms with van der Waals surface area (Å²) < 4.78 is 5.81. The van der Waals surface area contributed by atoms with Crippen LogP contribution in [0.5, 0.6) is 5.75 Å². The normalized spacial score (nSPS) is 15.9. The molecule has 7 heteroatoms. The summed E-state index contributed by atoms with van der Waals surface area (Å²) in [4.78, 5) is 17.4. The molecule has 1 amide bonds. The molecule has 0 aliphatic carbocycles. The van der Waals surface area contributed by atoms with Crippen molar-refractivity contribution in [1.82, 2.24) is 5.32 Å². The number of amides is 1. The number of amidine groups is 1. The van der Waals surface area contributed by atoms with Crippen LogP contribution in [0.4, 0.5) is 5.69 Å². The minimum Gasteiger partial charge on any atom is -0.486 e. The van der Waals surface area contributed by atoms with E-state index < -0.39 is 0 Å². The predicted octanol–water partition coefficient (Wildman–Crippen LogP) is 7.03. The van der Waals surface area contributed by atoms with Crippen molar-refractivity contribution in [3.63, 3.8) is 0 Å². The predicted molar refractivity (Wildman–Crippen MR) is 134 cm³/mol. The number of rotatable bonds is 6. The lowest BCUT2D eigenvalue weighted by Gasteiger charge is -2.11. The van der Waals surface area contributed by atoms with Crippen LogP contribution in [0.15, 0.2) is 76.6 Å². The van der Waals surface area contributed by atoms with Gasteiger partial charge in [-0.15, -0.1) is 0 Å². The Kier molecular flexibility index (Phi) is 7.20. The van der Waals surface area contributed by atoms with Crippen molar-refractivity contribution < 1.29 is 9.53 Å². The van der Waals surface area contributed by atoms with Gasteiger partial charge in [-0.05, 0) is 65.2 Å². The lowest BCUT2D eigenvalue weighted by atomic mass is 10.2. The summed E-state index contributed by atoms with van der Waals surface area (Å²) in [5.74, 6) is 0.205. The minimum absolute atomic E-state index is 0.212. The van der Waals surface area contributed by atoms with Crippen LogP contribution < -0.4 is 10.1 Å². The molecule has 1 aliphatic rings. The molecule has 1 saturated heterocycles. The first kappa shape index (κ1) is 22.5. The van der Waals surface area contributed by atoms with E-state index in [-0.39, 0.29) is 5.91 Å². The van der Waals surface area contributed by atoms with Gasteiger partial charge in [-0.3, -0.25) is 4.79 Å². The monoisotopic (exact) mass is 482 g/mol. The Balaban J connectivity index is 1.49. The van der Waals surface area contributed by atoms with Gasteiger partial charge in [0, 0.05) is 0 Å². The van der Waals surface area contributed by atoms with Crippen LogP contribution in [-0.2, 0) is 17.8 Å². The molecule has 32 heavy (non-hydrogen) atoms. The van der Waals surface area contributed by atoms with E-state index in [0.29, 0.717) is 38.0 Å². The molecule has 0 bridgehead atoms. The third-order valence-corrected chi connectivity index (χ3v) is 6.24. The number of ether oxygens (including phenoxy) is 1. The highest BCUT2D eigenvalue weighted by Crippen LogP contribution is 2.36. The van der Waals surface area contributed by atoms with E-state index >= 15 is 0 Å². The molecule has 0 spiro atoms. The molecule has 1 fully saturated rings. The molecule has 0 aromatic heterocycles. The molecular formula is C25H20Cl2N2O2S. The van der Waals surface area contributed by atoms with Crippen molar-refractivity contribution in [2.45, 2.75) is 20.0 Å². The zero-order valence-electron chi connectivity index (χ0n) is 17.3. The number of hydrogen-bond acceptors (Lipinski definition) is 4. The molecule has 3 aromatic carbocycles. The first-order valence-corrected chi connectivity index (χ1v) is 11.6. The third-order valence-electron chi connectivity index (χ3n) is 4.77. The summed E-state index contributed by atoms with van der Waals surface area (Å²) in [5, 5.41) is 4.09. The van der Waals surface area contributed by atoms with Crippen LogP contribution in [-0.4, -0.2) is 11.1 Å². The van der Waals surface area contributed by atoms with Gasteiger partial charge in [0.2, 0.25) is 0 Å². The van der Waals surface area contributed by atoms with Crippen LogP contribution in [0, 0.1) is 0 Å². The Hall–Kier alpha value is -2.73. The molecule has 0 atom stereocenters. The Morgan fingerprint density at radius 3 is 2.34 bits per heavy atom. The topological polar surface area (TPSA) is 50.7 Å². The number of nitrogens with one attached hydrogen (secondary N) is 1. The molecule has 162 valence electrons. The van der Waals surface area contributed by atoms with E-state index in [1.807, 2.05) is 54.6 Å². The minimum atomic E-state index is -0.212. The SMILES string of the molecule is CCc1ccc(N=C2NC(=O)/C(=C\c3cc(Cl)c(OCc4ccccc4)c(Cl)c3)S2)cc1. The standard InChI is InChI=1S/C25H20Cl2N2O2S/c1-2-16-8-10-19(11-9-16)28-25-29-24(30)22(32-25)14-18-12-20(26)23(21(27)13-18)31-15-17-6-4-3-5-7-17/h3-14H,2,15H2,1H3,(H,28,29,30)/b22-14+. The number of carbonyl (C=O) groups excluding carboxylic acids is 1. The van der Waals surface area contributed by atoms with E-state index in [9.17, 15) is 4.79 Å². The van der Waals surface area contributed by atoms with Crippen molar-refractivity contribution in [2.75, 3.05) is 0 Å². The molecular weight excluding hydrogens is 463 g/mol. The van der Waals surface area contributed by atoms with Crippen LogP contribution in [0.1, 0.15) is 23.6 Å². The van der Waals surface area contributed by atoms with E-state index in [0.717, 1.165) is 17.7 Å². The fourth-order valence-electron chi connectivity index (χ4n) is 3.09. The fraction of sp³-hybridized carbons (Fsp3) is 0.120. The van der Waals surface area contributed by atoms with Gasteiger partial charge in [-0.25, -0.2) is 4.99 Å². The van der Waals surface area contributed by atoms with E-state index in [4.69, 9.17) is 27.9 Å². The number of halogens is 2. The van der Waals surface area contributed by atoms with Crippen molar-refractivity contribution in [3.05, 3.63) is 98.4 Å². The van der Waals surface area contributed by atoms with Gasteiger partial charge >= 0.3 is 0 Å². The zero-order valence-corrected chi connectivity index (χ0v) is 19.6. The van der Waals surface area contributed by atoms with E-state index in [1.165, 1.54) is 17.3 Å². The second kappa shape index (κ2) is 10.3. The van der Waals surface area contributed by atoms with Crippen molar-refractivity contribution in [1.29, 1.82) is 0 Å². The van der Waals surface area contributed by atoms with E-state index in [2.05, 4.69) is 17.2 Å². The molecule has 0 saturated carbocycles. The highest BCUT2D eigenvalue weighted by Gasteiger charge is 2.24. The number of carbonyl (C=O) groups is 1. The lowest BCUT2D eigenvalue weighted by molar-refractivity contribution is -0.115. The number of nitrogens with zero attached hydrogens (tertiary/aromatic N) is 1. The van der Waals surface area contributed by atoms with Crippen LogP contribution in [0.25, 0.3) is 6.08 Å². The quantitative estimate of drug-likeness (QED) is 0.383. The second-order valence-corrected chi connectivity index (χ2v) is 8.93. The average molecular weight is 483 g/mol. The molecule has 3 aromatic rings. The zero-order chi connectivity index (χ0) is 22.5. The summed E-state index contributed by atoms with van der Waals surface area (Å²) in [6.07, 6.45) is 2.71. The van der Waals surface area contributed by atoms with Gasteiger partial charge in [0.1, 0.15) is 6.61 Å². The van der Waals surface area contributed by atoms with Crippen LogP contribution in [0.2, 0.25) is 10.0 Å². The largest absolute Gasteiger partial charge is 0.486 e. The number of aliphatic imine (C=N–C) groups is 1. The van der Waals surface area contributed by atoms with Gasteiger partial charge in [-0.2, -0.15) is 0 Å². The number of aryl methyl sites for hydroxylation is 1. The summed E-state index contributed by atoms with van der Waals surface area (Å²) in [6.45, 7) is 2.46. The van der Waals surface area contributed by atoms with E-state index in [1.54, 1.807) is 18.2 Å². The van der Waals surface area contributed by atoms with Crippen molar-refractivity contribution in [3.8, 4) is 5.75 Å². The molecule has 4 rings (SSSR count). The number of thioether (sulfide) groups is 1. The number of hydrogen-bond donors (Lipinski definition) is 1. The number of benzene rings is 3. The second-order valence-electron chi connectivity index (χ2n) is 7.09. The highest BCUT2D eigenvalue weighted by molar-refractivity contribution is 8.18. The summed E-state index contributed by atoms with van der Waals surface area (Å²) in [5.41, 5.74) is 3.75. The molecule has 4 nitrogen and oxygen atoms in total. The van der Waals surface area contributed by atoms with Gasteiger partial charge in [0.15, 0.2) is 10.9 Å². The smallest absolute Gasteiger partial charge is 0.264 e. The first-order valence-electron chi connectivity index (χ1n) is 10.1. The summed E-state index contributed by atoms with van der Waals surface area (Å²) >= 11 is 14.1. The van der Waals surface area contributed by atoms with Crippen molar-refractivity contribution >= 4 is 57.8 Å². The van der Waals surface area contributed by atoms with Gasteiger partial charge in [0.25, 0.3) is 5.91 Å². The van der Waals surface area contributed by atoms with Gasteiger partial charge in [0.05, 0.1) is 20.6 Å². The van der Waals surface area contributed by atoms with Gasteiger partial charge < -0.3 is 10.1 Å². The highest BCUT2D eigenvalue weighted by atomic mass is 35.5. The maximum Gasteiger partial charge on any atom is 0.264 e. The molecule has 1 aliphatic heterocycles. The molecule has 1 N–H and O–H groups in total. The van der Waals surface area contributed by atoms with Crippen molar-refractivity contribution in [2.24, 2.45) is 4.99 Å². The van der Waals surface area contributed by atoms with Gasteiger partial charge in [-0.1, -0.05) is 72.6 Å². The summed E-state index contributed by atoms with van der Waals surface area (Å²) in [7, 11) is 0. The fourth-order valence-corrected chi connectivity index (χ4v) is 4.54. The first-order chi connectivity index (χ1) is 15.5. The lowest BCUT2D eigenvalue weighted by Crippen LogP contribution is -2.19. The van der Waals surface area contributed by atoms with Crippen LogP contribution in [0.3, 0.4) is 0 Å².